The van der Waals surface area contributed by atoms with Crippen molar-refractivity contribution in [2.75, 3.05) is 19.5 Å². The number of thioether (sulfide) groups is 1. The predicted molar refractivity (Wildman–Crippen MR) is 102 cm³/mol. The van der Waals surface area contributed by atoms with Crippen molar-refractivity contribution < 1.29 is 19.4 Å². The van der Waals surface area contributed by atoms with Crippen molar-refractivity contribution in [3.05, 3.63) is 70.8 Å². The molecule has 0 saturated heterocycles. The molecule has 1 atom stereocenters. The summed E-state index contributed by atoms with van der Waals surface area (Å²) in [5.41, 5.74) is 2.47. The second-order valence-electron chi connectivity index (χ2n) is 5.24. The van der Waals surface area contributed by atoms with Gasteiger partial charge in [-0.2, -0.15) is 0 Å². The number of aldehydes is 2. The van der Waals surface area contributed by atoms with Gasteiger partial charge in [-0.1, -0.05) is 42.5 Å². The zero-order valence-corrected chi connectivity index (χ0v) is 14.7. The van der Waals surface area contributed by atoms with Crippen molar-refractivity contribution in [3.63, 3.8) is 0 Å². The topological polar surface area (TPSA) is 63.6 Å². The average molecular weight is 356 g/mol. The number of aliphatic hydroxyl groups excluding tert-OH is 1. The lowest BCUT2D eigenvalue weighted by Gasteiger charge is -2.17. The van der Waals surface area contributed by atoms with E-state index < -0.39 is 0 Å². The number of carbonyl (C=O) groups is 2. The number of benzene rings is 2. The van der Waals surface area contributed by atoms with Gasteiger partial charge in [0.15, 0.2) is 12.6 Å². The summed E-state index contributed by atoms with van der Waals surface area (Å²) < 4.78 is 5.42. The molecule has 25 heavy (non-hydrogen) atoms. The van der Waals surface area contributed by atoms with E-state index in [9.17, 15) is 14.7 Å². The van der Waals surface area contributed by atoms with Gasteiger partial charge in [0.2, 0.25) is 0 Å². The minimum Gasteiger partial charge on any atom is -0.496 e. The van der Waals surface area contributed by atoms with Crippen LogP contribution in [0, 0.1) is 0 Å². The van der Waals surface area contributed by atoms with Gasteiger partial charge in [0.05, 0.1) is 19.0 Å². The molecule has 0 aliphatic rings. The van der Waals surface area contributed by atoms with E-state index in [1.165, 1.54) is 18.9 Å². The number of rotatable bonds is 9. The van der Waals surface area contributed by atoms with Gasteiger partial charge in [-0.3, -0.25) is 9.59 Å². The van der Waals surface area contributed by atoms with Crippen molar-refractivity contribution in [2.45, 2.75) is 5.25 Å². The van der Waals surface area contributed by atoms with Crippen molar-refractivity contribution in [1.29, 1.82) is 0 Å². The molecule has 4 nitrogen and oxygen atoms in total. The fourth-order valence-corrected chi connectivity index (χ4v) is 3.34. The Morgan fingerprint density at radius 3 is 2.40 bits per heavy atom. The highest BCUT2D eigenvalue weighted by Gasteiger charge is 2.17. The molecule has 2 rings (SSSR count). The largest absolute Gasteiger partial charge is 0.496 e. The van der Waals surface area contributed by atoms with Crippen LogP contribution in [-0.2, 0) is 0 Å². The number of hydrogen-bond donors (Lipinski definition) is 1. The summed E-state index contributed by atoms with van der Waals surface area (Å²) in [6, 6.07) is 13.1. The fourth-order valence-electron chi connectivity index (χ4n) is 2.42. The van der Waals surface area contributed by atoms with Crippen LogP contribution in [0.3, 0.4) is 0 Å². The van der Waals surface area contributed by atoms with Gasteiger partial charge in [-0.05, 0) is 17.7 Å². The molecule has 0 amide bonds. The smallest absolute Gasteiger partial charge is 0.150 e. The molecule has 0 saturated carbocycles. The normalized spacial score (nSPS) is 12.1. The second kappa shape index (κ2) is 9.81. The summed E-state index contributed by atoms with van der Waals surface area (Å²) in [5, 5.41) is 9.05. The van der Waals surface area contributed by atoms with Gasteiger partial charge in [-0.15, -0.1) is 11.8 Å². The zero-order chi connectivity index (χ0) is 18.1. The Morgan fingerprint density at radius 1 is 1.12 bits per heavy atom. The fraction of sp³-hybridized carbons (Fsp3) is 0.200. The molecule has 2 aromatic rings. The first-order chi connectivity index (χ1) is 12.2. The second-order valence-corrected chi connectivity index (χ2v) is 6.49. The molecule has 0 fully saturated rings. The van der Waals surface area contributed by atoms with Gasteiger partial charge in [-0.25, -0.2) is 0 Å². The Labute approximate surface area is 151 Å². The molecule has 0 aromatic heterocycles. The molecule has 1 unspecified atom stereocenters. The lowest BCUT2D eigenvalue weighted by atomic mass is 10.0. The van der Waals surface area contributed by atoms with Crippen molar-refractivity contribution >= 4 is 30.4 Å². The van der Waals surface area contributed by atoms with Crippen LogP contribution < -0.4 is 4.74 Å². The molecular formula is C20H20O4S. The highest BCUT2D eigenvalue weighted by molar-refractivity contribution is 7.99. The number of ether oxygens (including phenoxy) is 1. The van der Waals surface area contributed by atoms with E-state index in [0.29, 0.717) is 35.2 Å². The molecule has 0 spiro atoms. The van der Waals surface area contributed by atoms with Crippen LogP contribution >= 0.6 is 11.8 Å². The predicted octanol–water partition coefficient (Wildman–Crippen LogP) is 3.80. The van der Waals surface area contributed by atoms with Crippen molar-refractivity contribution in [3.8, 4) is 5.75 Å². The number of hydrogen-bond acceptors (Lipinski definition) is 5. The third-order valence-corrected chi connectivity index (χ3v) is 4.84. The maximum absolute atomic E-state index is 11.3. The van der Waals surface area contributed by atoms with Crippen LogP contribution in [0.25, 0.3) is 6.08 Å². The van der Waals surface area contributed by atoms with Crippen LogP contribution in [0.1, 0.15) is 37.1 Å². The lowest BCUT2D eigenvalue weighted by Crippen LogP contribution is -2.02. The molecule has 0 heterocycles. The zero-order valence-electron chi connectivity index (χ0n) is 13.9. The maximum atomic E-state index is 11.3. The van der Waals surface area contributed by atoms with E-state index in [2.05, 4.69) is 0 Å². The van der Waals surface area contributed by atoms with Gasteiger partial charge in [0, 0.05) is 22.4 Å². The van der Waals surface area contributed by atoms with E-state index in [1.807, 2.05) is 42.5 Å². The monoisotopic (exact) mass is 356 g/mol. The van der Waals surface area contributed by atoms with E-state index >= 15 is 0 Å². The van der Waals surface area contributed by atoms with Crippen LogP contribution in [0.2, 0.25) is 0 Å². The van der Waals surface area contributed by atoms with E-state index in [0.717, 1.165) is 11.1 Å². The van der Waals surface area contributed by atoms with E-state index in [-0.39, 0.29) is 11.9 Å². The van der Waals surface area contributed by atoms with Crippen LogP contribution in [0.4, 0.5) is 0 Å². The van der Waals surface area contributed by atoms with Gasteiger partial charge < -0.3 is 9.84 Å². The molecule has 2 aromatic carbocycles. The molecule has 130 valence electrons. The lowest BCUT2D eigenvalue weighted by molar-refractivity contribution is 0.109. The standard InChI is InChI=1S/C20H20O4S/c1-24-19-12-17(14-23)16(13-22)11-18(19)20(25-10-9-21)8-7-15-5-3-2-4-6-15/h2-8,11-14,20-21H,9-10H2,1H3/b8-7+. The first kappa shape index (κ1) is 19.0. The minimum absolute atomic E-state index is 0.0512. The van der Waals surface area contributed by atoms with Gasteiger partial charge in [0.1, 0.15) is 5.75 Å². The Bertz CT molecular complexity index is 741. The highest BCUT2D eigenvalue weighted by atomic mass is 32.2. The summed E-state index contributed by atoms with van der Waals surface area (Å²) in [6.07, 6.45) is 5.30. The first-order valence-corrected chi connectivity index (χ1v) is 8.86. The SMILES string of the molecule is COc1cc(C=O)c(C=O)cc1C(/C=C/c1ccccc1)SCCO. The average Bonchev–Trinajstić information content (AvgIpc) is 2.67. The summed E-state index contributed by atoms with van der Waals surface area (Å²) in [7, 11) is 1.53. The quantitative estimate of drug-likeness (QED) is 0.693. The molecule has 0 radical (unpaired) electrons. The third-order valence-electron chi connectivity index (χ3n) is 3.65. The maximum Gasteiger partial charge on any atom is 0.150 e. The minimum atomic E-state index is -0.123. The van der Waals surface area contributed by atoms with Gasteiger partial charge >= 0.3 is 0 Å². The van der Waals surface area contributed by atoms with Crippen molar-refractivity contribution in [2.24, 2.45) is 0 Å². The Balaban J connectivity index is 2.44. The number of methoxy groups -OCH3 is 1. The van der Waals surface area contributed by atoms with E-state index in [1.54, 1.807) is 12.1 Å². The molecule has 1 N–H and O–H groups in total. The van der Waals surface area contributed by atoms with Crippen LogP contribution in [0.5, 0.6) is 5.75 Å². The number of aliphatic hydroxyl groups is 1. The van der Waals surface area contributed by atoms with Crippen molar-refractivity contribution in [1.82, 2.24) is 0 Å². The molecule has 0 aliphatic carbocycles. The summed E-state index contributed by atoms with van der Waals surface area (Å²) in [4.78, 5) is 22.4. The summed E-state index contributed by atoms with van der Waals surface area (Å²) >= 11 is 1.54. The number of carbonyl (C=O) groups excluding carboxylic acids is 2. The Kier molecular flexibility index (Phi) is 7.44. The molecule has 5 heteroatoms. The van der Waals surface area contributed by atoms with Crippen LogP contribution in [-0.4, -0.2) is 37.1 Å². The Morgan fingerprint density at radius 2 is 1.80 bits per heavy atom. The molecule has 0 bridgehead atoms. The Hall–Kier alpha value is -2.37. The first-order valence-electron chi connectivity index (χ1n) is 7.81. The molecule has 0 aliphatic heterocycles. The highest BCUT2D eigenvalue weighted by Crippen LogP contribution is 2.37. The summed E-state index contributed by atoms with van der Waals surface area (Å²) in [5.74, 6) is 1.08. The summed E-state index contributed by atoms with van der Waals surface area (Å²) in [6.45, 7) is 0.0512. The van der Waals surface area contributed by atoms with Gasteiger partial charge in [0.25, 0.3) is 0 Å². The van der Waals surface area contributed by atoms with Crippen LogP contribution in [0.15, 0.2) is 48.5 Å². The molecular weight excluding hydrogens is 336 g/mol. The van der Waals surface area contributed by atoms with E-state index in [4.69, 9.17) is 4.74 Å². The third kappa shape index (κ3) is 5.05.